The quantitative estimate of drug-likeness (QED) is 0.637. The molecule has 0 fully saturated rings. The molecule has 0 bridgehead atoms. The van der Waals surface area contributed by atoms with Crippen LogP contribution in [-0.4, -0.2) is 4.98 Å². The number of para-hydroxylation sites is 2. The summed E-state index contributed by atoms with van der Waals surface area (Å²) in [6, 6.07) is 15.6. The van der Waals surface area contributed by atoms with Crippen LogP contribution in [0.1, 0.15) is 0 Å². The lowest BCUT2D eigenvalue weighted by molar-refractivity contribution is 0.317. The third-order valence-corrected chi connectivity index (χ3v) is 2.99. The molecular formula is C14H9N3O. The molecule has 4 rings (SSSR count). The predicted octanol–water partition coefficient (Wildman–Crippen LogP) is 2.05. The maximum absolute atomic E-state index is 5.44. The monoisotopic (exact) mass is 235 g/mol. The number of fused-ring (bicyclic) bond motifs is 4. The Labute approximate surface area is 102 Å². The van der Waals surface area contributed by atoms with Crippen LogP contribution in [0.25, 0.3) is 10.9 Å². The average molecular weight is 235 g/mol. The van der Waals surface area contributed by atoms with Crippen LogP contribution in [0.4, 0.5) is 5.69 Å². The molecule has 1 N–H and O–H groups in total. The molecule has 0 atom stereocenters. The minimum Gasteiger partial charge on any atom is -0.336 e. The van der Waals surface area contributed by atoms with Crippen molar-refractivity contribution in [3.8, 4) is 5.88 Å². The van der Waals surface area contributed by atoms with Crippen LogP contribution in [0.3, 0.4) is 0 Å². The van der Waals surface area contributed by atoms with Gasteiger partial charge >= 0.3 is 0 Å². The standard InChI is InChI=1S/C14H9N3O/c1-2-6-10-9(5-1)13-14(16-10)18-17-12-8-4-3-7-11(12)15-13/h1-8,16H. The first-order valence-electron chi connectivity index (χ1n) is 5.71. The molecule has 1 aliphatic rings. The van der Waals surface area contributed by atoms with Gasteiger partial charge in [0.25, 0.3) is 5.88 Å². The molecular weight excluding hydrogens is 226 g/mol. The highest BCUT2D eigenvalue weighted by molar-refractivity contribution is 5.94. The molecule has 1 aromatic heterocycles. The van der Waals surface area contributed by atoms with E-state index in [4.69, 9.17) is 4.84 Å². The zero-order valence-corrected chi connectivity index (χ0v) is 9.42. The van der Waals surface area contributed by atoms with Gasteiger partial charge in [0.15, 0.2) is 0 Å². The maximum atomic E-state index is 5.44. The summed E-state index contributed by atoms with van der Waals surface area (Å²) in [4.78, 5) is 13.3. The first-order valence-corrected chi connectivity index (χ1v) is 5.71. The van der Waals surface area contributed by atoms with Gasteiger partial charge in [-0.25, -0.2) is 4.99 Å². The SMILES string of the molecule is c1ccc2c(c1)=NOc1[nH]c3ccccc3c1N=2. The van der Waals surface area contributed by atoms with E-state index in [-0.39, 0.29) is 0 Å². The number of benzene rings is 2. The summed E-state index contributed by atoms with van der Waals surface area (Å²) in [6.45, 7) is 0. The Hall–Kier alpha value is -2.62. The van der Waals surface area contributed by atoms with Crippen molar-refractivity contribution in [1.82, 2.24) is 4.98 Å². The van der Waals surface area contributed by atoms with Crippen molar-refractivity contribution in [3.05, 3.63) is 59.2 Å². The number of aromatic amines is 1. The van der Waals surface area contributed by atoms with Gasteiger partial charge in [0.2, 0.25) is 0 Å². The summed E-state index contributed by atoms with van der Waals surface area (Å²) in [7, 11) is 0. The third kappa shape index (κ3) is 1.26. The lowest BCUT2D eigenvalue weighted by atomic mass is 10.2. The van der Waals surface area contributed by atoms with Crippen molar-refractivity contribution in [3.63, 3.8) is 0 Å². The third-order valence-electron chi connectivity index (χ3n) is 2.99. The van der Waals surface area contributed by atoms with Gasteiger partial charge in [-0.05, 0) is 18.2 Å². The zero-order valence-electron chi connectivity index (χ0n) is 9.42. The predicted molar refractivity (Wildman–Crippen MR) is 67.3 cm³/mol. The number of nitrogens with zero attached hydrogens (tertiary/aromatic N) is 2. The van der Waals surface area contributed by atoms with E-state index in [0.29, 0.717) is 5.88 Å². The lowest BCUT2D eigenvalue weighted by Crippen LogP contribution is -2.23. The zero-order chi connectivity index (χ0) is 11.9. The molecule has 0 saturated heterocycles. The van der Waals surface area contributed by atoms with E-state index in [1.807, 2.05) is 48.5 Å². The fourth-order valence-electron chi connectivity index (χ4n) is 2.13. The van der Waals surface area contributed by atoms with E-state index in [1.165, 1.54) is 0 Å². The highest BCUT2D eigenvalue weighted by Crippen LogP contribution is 2.35. The van der Waals surface area contributed by atoms with Gasteiger partial charge < -0.3 is 9.82 Å². The van der Waals surface area contributed by atoms with Crippen molar-refractivity contribution in [2.45, 2.75) is 0 Å². The van der Waals surface area contributed by atoms with Crippen LogP contribution in [-0.2, 0) is 0 Å². The average Bonchev–Trinajstić information content (AvgIpc) is 2.65. The Kier molecular flexibility index (Phi) is 1.80. The summed E-state index contributed by atoms with van der Waals surface area (Å²) >= 11 is 0. The van der Waals surface area contributed by atoms with Crippen molar-refractivity contribution < 1.29 is 4.84 Å². The molecule has 3 aromatic rings. The number of hydrogen-bond donors (Lipinski definition) is 1. The summed E-state index contributed by atoms with van der Waals surface area (Å²) in [6.07, 6.45) is 0. The molecule has 4 nitrogen and oxygen atoms in total. The molecule has 0 spiro atoms. The normalized spacial score (nSPS) is 12.7. The van der Waals surface area contributed by atoms with Gasteiger partial charge in [0.1, 0.15) is 11.0 Å². The van der Waals surface area contributed by atoms with Crippen molar-refractivity contribution >= 4 is 16.6 Å². The van der Waals surface area contributed by atoms with E-state index in [0.717, 1.165) is 27.3 Å². The Morgan fingerprint density at radius 3 is 2.61 bits per heavy atom. The van der Waals surface area contributed by atoms with Gasteiger partial charge in [-0.1, -0.05) is 35.5 Å². The fourth-order valence-corrected chi connectivity index (χ4v) is 2.13. The summed E-state index contributed by atoms with van der Waals surface area (Å²) in [5.41, 5.74) is 1.81. The molecule has 4 heteroatoms. The lowest BCUT2D eigenvalue weighted by Gasteiger charge is -1.92. The largest absolute Gasteiger partial charge is 0.336 e. The molecule has 1 aliphatic heterocycles. The van der Waals surface area contributed by atoms with Gasteiger partial charge in [-0.15, -0.1) is 0 Å². The fraction of sp³-hybridized carbons (Fsp3) is 0. The molecule has 0 aliphatic carbocycles. The van der Waals surface area contributed by atoms with Crippen molar-refractivity contribution in [2.75, 3.05) is 0 Å². The maximum Gasteiger partial charge on any atom is 0.254 e. The Bertz CT molecular complexity index is 864. The molecule has 0 unspecified atom stereocenters. The first-order chi connectivity index (χ1) is 8.92. The second-order valence-electron chi connectivity index (χ2n) is 4.13. The van der Waals surface area contributed by atoms with E-state index in [1.54, 1.807) is 0 Å². The van der Waals surface area contributed by atoms with Gasteiger partial charge in [0, 0.05) is 5.39 Å². The second-order valence-corrected chi connectivity index (χ2v) is 4.13. The number of nitrogens with one attached hydrogen (secondary N) is 1. The molecule has 0 radical (unpaired) electrons. The molecule has 0 amide bonds. The Morgan fingerprint density at radius 2 is 1.67 bits per heavy atom. The molecule has 86 valence electrons. The molecule has 2 heterocycles. The van der Waals surface area contributed by atoms with E-state index in [2.05, 4.69) is 15.1 Å². The minimum absolute atomic E-state index is 0.590. The Morgan fingerprint density at radius 1 is 0.889 bits per heavy atom. The highest BCUT2D eigenvalue weighted by atomic mass is 16.6. The van der Waals surface area contributed by atoms with Crippen LogP contribution in [0.2, 0.25) is 0 Å². The van der Waals surface area contributed by atoms with Crippen LogP contribution < -0.4 is 15.6 Å². The van der Waals surface area contributed by atoms with Crippen LogP contribution in [0.5, 0.6) is 5.88 Å². The van der Waals surface area contributed by atoms with E-state index in [9.17, 15) is 0 Å². The number of H-pyrrole nitrogens is 1. The molecule has 0 saturated carbocycles. The second kappa shape index (κ2) is 3.43. The number of rotatable bonds is 0. The van der Waals surface area contributed by atoms with Crippen molar-refractivity contribution in [1.29, 1.82) is 0 Å². The summed E-state index contributed by atoms with van der Waals surface area (Å²) in [5, 5.41) is 6.70. The van der Waals surface area contributed by atoms with Gasteiger partial charge in [-0.2, -0.15) is 0 Å². The van der Waals surface area contributed by atoms with Crippen LogP contribution in [0, 0.1) is 0 Å². The summed E-state index contributed by atoms with van der Waals surface area (Å²) in [5.74, 6) is 0.590. The first kappa shape index (κ1) is 9.41. The number of hydrogen-bond acceptors (Lipinski definition) is 3. The smallest absolute Gasteiger partial charge is 0.254 e. The van der Waals surface area contributed by atoms with Crippen molar-refractivity contribution in [2.24, 2.45) is 10.1 Å². The van der Waals surface area contributed by atoms with E-state index >= 15 is 0 Å². The summed E-state index contributed by atoms with van der Waals surface area (Å²) < 4.78 is 0. The Balaban J connectivity index is 2.14. The number of aromatic nitrogens is 1. The topological polar surface area (TPSA) is 49.7 Å². The molecule has 2 aromatic carbocycles. The minimum atomic E-state index is 0.590. The van der Waals surface area contributed by atoms with Crippen LogP contribution >= 0.6 is 0 Å². The van der Waals surface area contributed by atoms with Gasteiger partial charge in [0.05, 0.1) is 10.9 Å². The van der Waals surface area contributed by atoms with E-state index < -0.39 is 0 Å². The van der Waals surface area contributed by atoms with Gasteiger partial charge in [-0.3, -0.25) is 0 Å². The highest BCUT2D eigenvalue weighted by Gasteiger charge is 2.13. The van der Waals surface area contributed by atoms with Crippen LogP contribution in [0.15, 0.2) is 58.7 Å². The molecule has 18 heavy (non-hydrogen) atoms.